The zero-order valence-electron chi connectivity index (χ0n) is 14.5. The number of rotatable bonds is 5. The summed E-state index contributed by atoms with van der Waals surface area (Å²) in [5.41, 5.74) is 2.96. The molecule has 26 heavy (non-hydrogen) atoms. The number of esters is 1. The number of nitrogens with one attached hydrogen (secondary N) is 1. The number of carbonyl (C=O) groups excluding carboxylic acids is 2. The van der Waals surface area contributed by atoms with Crippen LogP contribution in [0.2, 0.25) is 5.02 Å². The molecule has 1 amide bonds. The molecule has 0 bridgehead atoms. The summed E-state index contributed by atoms with van der Waals surface area (Å²) in [5.74, 6) is -0.872. The number of amides is 1. The first kappa shape index (κ1) is 18.2. The molecule has 0 fully saturated rings. The van der Waals surface area contributed by atoms with Gasteiger partial charge in [0, 0.05) is 29.5 Å². The second-order valence-electron chi connectivity index (χ2n) is 6.27. The third-order valence-electron chi connectivity index (χ3n) is 4.41. The van der Waals surface area contributed by atoms with Crippen molar-refractivity contribution in [2.75, 3.05) is 6.61 Å². The Morgan fingerprint density at radius 3 is 2.69 bits per heavy atom. The molecule has 5 heteroatoms. The Labute approximate surface area is 157 Å². The van der Waals surface area contributed by atoms with Crippen molar-refractivity contribution in [2.24, 2.45) is 0 Å². The maximum Gasteiger partial charge on any atom is 0.336 e. The maximum atomic E-state index is 12.7. The summed E-state index contributed by atoms with van der Waals surface area (Å²) in [6.07, 6.45) is 0.841. The molecule has 0 aromatic heterocycles. The van der Waals surface area contributed by atoms with Crippen LogP contribution < -0.4 is 5.32 Å². The minimum absolute atomic E-state index is 0.117. The molecule has 0 aliphatic carbocycles. The molecule has 3 rings (SSSR count). The lowest BCUT2D eigenvalue weighted by atomic mass is 9.84. The summed E-state index contributed by atoms with van der Waals surface area (Å²) in [7, 11) is 0. The van der Waals surface area contributed by atoms with E-state index in [1.165, 1.54) is 0 Å². The zero-order chi connectivity index (χ0) is 18.5. The van der Waals surface area contributed by atoms with Gasteiger partial charge in [-0.1, -0.05) is 54.1 Å². The van der Waals surface area contributed by atoms with Gasteiger partial charge in [0.05, 0.1) is 12.2 Å². The number of benzene rings is 2. The van der Waals surface area contributed by atoms with Crippen LogP contribution in [0.15, 0.2) is 65.9 Å². The van der Waals surface area contributed by atoms with Crippen LogP contribution in [-0.4, -0.2) is 18.5 Å². The van der Waals surface area contributed by atoms with E-state index in [1.807, 2.05) is 42.5 Å². The van der Waals surface area contributed by atoms with Crippen molar-refractivity contribution in [3.63, 3.8) is 0 Å². The fourth-order valence-corrected chi connectivity index (χ4v) is 3.36. The topological polar surface area (TPSA) is 55.4 Å². The highest BCUT2D eigenvalue weighted by Gasteiger charge is 2.32. The van der Waals surface area contributed by atoms with Gasteiger partial charge in [0.25, 0.3) is 0 Å². The molecule has 0 saturated heterocycles. The number of halogens is 1. The summed E-state index contributed by atoms with van der Waals surface area (Å²) in [4.78, 5) is 24.7. The van der Waals surface area contributed by atoms with Crippen LogP contribution >= 0.6 is 11.6 Å². The molecule has 0 unspecified atom stereocenters. The number of allylic oxidation sites excluding steroid dienone is 1. The van der Waals surface area contributed by atoms with Crippen LogP contribution in [0.3, 0.4) is 0 Å². The van der Waals surface area contributed by atoms with E-state index < -0.39 is 5.97 Å². The van der Waals surface area contributed by atoms with E-state index >= 15 is 0 Å². The second-order valence-corrected chi connectivity index (χ2v) is 6.71. The van der Waals surface area contributed by atoms with Gasteiger partial charge in [0.2, 0.25) is 5.91 Å². The molecule has 2 aromatic carbocycles. The van der Waals surface area contributed by atoms with Crippen LogP contribution in [0.4, 0.5) is 0 Å². The van der Waals surface area contributed by atoms with E-state index in [2.05, 4.69) is 5.32 Å². The molecule has 2 aromatic rings. The third-order valence-corrected chi connectivity index (χ3v) is 4.64. The molecule has 1 heterocycles. The van der Waals surface area contributed by atoms with E-state index in [-0.39, 0.29) is 24.9 Å². The SMILES string of the molecule is CC1=C(C(=O)OCCc2ccccc2)[C@H](c2cccc(Cl)c2)CC(=O)N1. The van der Waals surface area contributed by atoms with Gasteiger partial charge in [-0.25, -0.2) is 4.79 Å². The van der Waals surface area contributed by atoms with Gasteiger partial charge in [-0.2, -0.15) is 0 Å². The highest BCUT2D eigenvalue weighted by molar-refractivity contribution is 6.30. The minimum Gasteiger partial charge on any atom is -0.462 e. The number of hydrogen-bond acceptors (Lipinski definition) is 3. The number of carbonyl (C=O) groups is 2. The molecule has 134 valence electrons. The van der Waals surface area contributed by atoms with Gasteiger partial charge in [-0.15, -0.1) is 0 Å². The quantitative estimate of drug-likeness (QED) is 0.810. The Morgan fingerprint density at radius 1 is 1.19 bits per heavy atom. The van der Waals surface area contributed by atoms with Crippen molar-refractivity contribution in [1.82, 2.24) is 5.32 Å². The lowest BCUT2D eigenvalue weighted by Crippen LogP contribution is -2.34. The monoisotopic (exact) mass is 369 g/mol. The predicted molar refractivity (Wildman–Crippen MR) is 101 cm³/mol. The molecular weight excluding hydrogens is 350 g/mol. The second kappa shape index (κ2) is 8.19. The van der Waals surface area contributed by atoms with E-state index in [0.29, 0.717) is 22.7 Å². The summed E-state index contributed by atoms with van der Waals surface area (Å²) in [5, 5.41) is 3.31. The smallest absolute Gasteiger partial charge is 0.336 e. The van der Waals surface area contributed by atoms with Crippen molar-refractivity contribution in [2.45, 2.75) is 25.7 Å². The van der Waals surface area contributed by atoms with Gasteiger partial charge in [-0.3, -0.25) is 4.79 Å². The van der Waals surface area contributed by atoms with Gasteiger partial charge in [0.1, 0.15) is 0 Å². The minimum atomic E-state index is -0.400. The summed E-state index contributed by atoms with van der Waals surface area (Å²) < 4.78 is 5.49. The molecule has 0 saturated carbocycles. The Balaban J connectivity index is 1.76. The van der Waals surface area contributed by atoms with E-state index in [4.69, 9.17) is 16.3 Å². The summed E-state index contributed by atoms with van der Waals surface area (Å²) >= 11 is 6.08. The first-order chi connectivity index (χ1) is 12.5. The highest BCUT2D eigenvalue weighted by Crippen LogP contribution is 2.34. The van der Waals surface area contributed by atoms with Crippen molar-refractivity contribution < 1.29 is 14.3 Å². The summed E-state index contributed by atoms with van der Waals surface area (Å²) in [6, 6.07) is 17.1. The first-order valence-corrected chi connectivity index (χ1v) is 8.89. The molecular formula is C21H20ClNO3. The van der Waals surface area contributed by atoms with Gasteiger partial charge < -0.3 is 10.1 Å². The first-order valence-electron chi connectivity index (χ1n) is 8.51. The van der Waals surface area contributed by atoms with E-state index in [9.17, 15) is 9.59 Å². The Hall–Kier alpha value is -2.59. The fourth-order valence-electron chi connectivity index (χ4n) is 3.16. The van der Waals surface area contributed by atoms with Crippen molar-refractivity contribution in [3.05, 3.63) is 82.0 Å². The molecule has 1 N–H and O–H groups in total. The fraction of sp³-hybridized carbons (Fsp3) is 0.238. The molecule has 1 aliphatic rings. The largest absolute Gasteiger partial charge is 0.462 e. The standard InChI is InChI=1S/C21H20ClNO3/c1-14-20(21(25)26-11-10-15-6-3-2-4-7-15)18(13-19(24)23-14)16-8-5-9-17(22)12-16/h2-9,12,18H,10-11,13H2,1H3,(H,23,24)/t18-/m0/s1. The molecule has 0 spiro atoms. The van der Waals surface area contributed by atoms with Crippen molar-refractivity contribution in [1.29, 1.82) is 0 Å². The van der Waals surface area contributed by atoms with Gasteiger partial charge >= 0.3 is 5.97 Å². The Bertz CT molecular complexity index is 845. The lowest BCUT2D eigenvalue weighted by Gasteiger charge is -2.26. The van der Waals surface area contributed by atoms with Crippen molar-refractivity contribution in [3.8, 4) is 0 Å². The molecule has 1 atom stereocenters. The third kappa shape index (κ3) is 4.33. The normalized spacial score (nSPS) is 17.0. The number of ether oxygens (including phenoxy) is 1. The molecule has 4 nitrogen and oxygen atoms in total. The van der Waals surface area contributed by atoms with Crippen molar-refractivity contribution >= 4 is 23.5 Å². The van der Waals surface area contributed by atoms with Crippen LogP contribution in [0.1, 0.15) is 30.4 Å². The van der Waals surface area contributed by atoms with Crippen LogP contribution in [-0.2, 0) is 20.7 Å². The Morgan fingerprint density at radius 2 is 1.96 bits per heavy atom. The molecule has 0 radical (unpaired) electrons. The zero-order valence-corrected chi connectivity index (χ0v) is 15.3. The van der Waals surface area contributed by atoms with Gasteiger partial charge in [0.15, 0.2) is 0 Å². The molecule has 1 aliphatic heterocycles. The van der Waals surface area contributed by atoms with Crippen LogP contribution in [0, 0.1) is 0 Å². The Kier molecular flexibility index (Phi) is 5.74. The van der Waals surface area contributed by atoms with Gasteiger partial charge in [-0.05, 0) is 30.2 Å². The number of hydrogen-bond donors (Lipinski definition) is 1. The predicted octanol–water partition coefficient (Wildman–Crippen LogP) is 4.00. The van der Waals surface area contributed by atoms with Crippen LogP contribution in [0.25, 0.3) is 0 Å². The van der Waals surface area contributed by atoms with E-state index in [1.54, 1.807) is 19.1 Å². The van der Waals surface area contributed by atoms with Crippen LogP contribution in [0.5, 0.6) is 0 Å². The van der Waals surface area contributed by atoms with E-state index in [0.717, 1.165) is 11.1 Å². The maximum absolute atomic E-state index is 12.7. The summed E-state index contributed by atoms with van der Waals surface area (Å²) in [6.45, 7) is 2.01. The lowest BCUT2D eigenvalue weighted by molar-refractivity contribution is -0.139. The average molecular weight is 370 g/mol. The highest BCUT2D eigenvalue weighted by atomic mass is 35.5. The average Bonchev–Trinajstić information content (AvgIpc) is 2.62.